The number of nitro benzene ring substituents is 1. The van der Waals surface area contributed by atoms with E-state index in [1.807, 2.05) is 60.7 Å². The Balaban J connectivity index is 1.53. The highest BCUT2D eigenvalue weighted by atomic mass is 16.7. The fourth-order valence-corrected chi connectivity index (χ4v) is 4.35. The van der Waals surface area contributed by atoms with Crippen LogP contribution in [0, 0.1) is 16.0 Å². The maximum absolute atomic E-state index is 13.4. The number of non-ortho nitro benzene ring substituents is 1. The lowest BCUT2D eigenvalue weighted by molar-refractivity contribution is -0.384. The van der Waals surface area contributed by atoms with Crippen molar-refractivity contribution in [2.75, 3.05) is 5.06 Å². The second-order valence-corrected chi connectivity index (χ2v) is 7.76. The fourth-order valence-electron chi connectivity index (χ4n) is 4.35. The summed E-state index contributed by atoms with van der Waals surface area (Å²) in [5.74, 6) is -1.48. The zero-order valence-electron chi connectivity index (χ0n) is 16.9. The number of hydrogen-bond donors (Lipinski definition) is 0. The van der Waals surface area contributed by atoms with Crippen LogP contribution in [0.4, 0.5) is 11.4 Å². The Kier molecular flexibility index (Phi) is 4.91. The van der Waals surface area contributed by atoms with Gasteiger partial charge in [0.25, 0.3) is 11.6 Å². The van der Waals surface area contributed by atoms with E-state index >= 15 is 0 Å². The van der Waals surface area contributed by atoms with E-state index in [1.165, 1.54) is 22.1 Å². The summed E-state index contributed by atoms with van der Waals surface area (Å²) >= 11 is 0. The Hall–Kier alpha value is -4.04. The normalized spacial score (nSPS) is 22.3. The molecule has 2 fully saturated rings. The van der Waals surface area contributed by atoms with Crippen molar-refractivity contribution in [3.63, 3.8) is 0 Å². The van der Waals surface area contributed by atoms with Crippen LogP contribution in [0.3, 0.4) is 0 Å². The predicted octanol–water partition coefficient (Wildman–Crippen LogP) is 3.64. The summed E-state index contributed by atoms with van der Waals surface area (Å²) in [6, 6.07) is 24.0. The number of rotatable bonds is 5. The van der Waals surface area contributed by atoms with E-state index in [2.05, 4.69) is 0 Å². The molecule has 32 heavy (non-hydrogen) atoms. The first-order chi connectivity index (χ1) is 15.5. The number of nitrogens with zero attached hydrogens (tertiary/aromatic N) is 3. The maximum Gasteiger partial charge on any atom is 0.271 e. The molecule has 3 aromatic carbocycles. The predicted molar refractivity (Wildman–Crippen MR) is 115 cm³/mol. The van der Waals surface area contributed by atoms with Gasteiger partial charge < -0.3 is 0 Å². The zero-order chi connectivity index (χ0) is 22.2. The average molecular weight is 429 g/mol. The summed E-state index contributed by atoms with van der Waals surface area (Å²) in [6.07, 6.45) is -0.990. The summed E-state index contributed by atoms with van der Waals surface area (Å²) in [6.45, 7) is 0.174. The molecule has 0 unspecified atom stereocenters. The summed E-state index contributed by atoms with van der Waals surface area (Å²) < 4.78 is 0. The van der Waals surface area contributed by atoms with E-state index in [4.69, 9.17) is 4.84 Å². The number of hydroxylamine groups is 1. The van der Waals surface area contributed by atoms with Crippen LogP contribution in [-0.4, -0.2) is 27.7 Å². The summed E-state index contributed by atoms with van der Waals surface area (Å²) in [5.41, 5.74) is 1.95. The van der Waals surface area contributed by atoms with E-state index in [9.17, 15) is 19.7 Å². The minimum absolute atomic E-state index is 0.0988. The molecule has 2 heterocycles. The van der Waals surface area contributed by atoms with E-state index in [0.29, 0.717) is 5.69 Å². The number of nitro groups is 1. The van der Waals surface area contributed by atoms with Crippen molar-refractivity contribution in [2.45, 2.75) is 18.7 Å². The van der Waals surface area contributed by atoms with Crippen molar-refractivity contribution in [1.82, 2.24) is 4.90 Å². The highest BCUT2D eigenvalue weighted by Gasteiger charge is 2.59. The van der Waals surface area contributed by atoms with Gasteiger partial charge in [0, 0.05) is 12.1 Å². The molecule has 160 valence electrons. The standard InChI is InChI=1S/C24H19N3O5/c28-23-20-21(17-10-5-2-6-11-17)26(18-12-7-13-19(14-18)27(30)31)32-22(20)24(29)25(23)15-16-8-3-1-4-9-16/h1-14,20-22H,15H2/t20-,21-,22-/m0/s1. The largest absolute Gasteiger partial charge is 0.275 e. The highest BCUT2D eigenvalue weighted by molar-refractivity contribution is 6.07. The molecular formula is C24H19N3O5. The molecule has 3 aromatic rings. The van der Waals surface area contributed by atoms with Crippen LogP contribution in [0.2, 0.25) is 0 Å². The van der Waals surface area contributed by atoms with E-state index in [0.717, 1.165) is 11.1 Å². The first-order valence-corrected chi connectivity index (χ1v) is 10.2. The molecule has 8 nitrogen and oxygen atoms in total. The van der Waals surface area contributed by atoms with Crippen LogP contribution in [0.5, 0.6) is 0 Å². The first-order valence-electron chi connectivity index (χ1n) is 10.2. The third-order valence-electron chi connectivity index (χ3n) is 5.83. The Morgan fingerprint density at radius 3 is 2.25 bits per heavy atom. The van der Waals surface area contributed by atoms with Crippen molar-refractivity contribution in [3.05, 3.63) is 106 Å². The third-order valence-corrected chi connectivity index (χ3v) is 5.83. The number of amides is 2. The van der Waals surface area contributed by atoms with Gasteiger partial charge in [0.1, 0.15) is 5.92 Å². The molecule has 0 aliphatic carbocycles. The number of anilines is 1. The van der Waals surface area contributed by atoms with Gasteiger partial charge in [0.2, 0.25) is 5.91 Å². The zero-order valence-corrected chi connectivity index (χ0v) is 16.9. The second kappa shape index (κ2) is 7.90. The van der Waals surface area contributed by atoms with Gasteiger partial charge >= 0.3 is 0 Å². The molecule has 2 amide bonds. The topological polar surface area (TPSA) is 93.0 Å². The van der Waals surface area contributed by atoms with Crippen molar-refractivity contribution in [2.24, 2.45) is 5.92 Å². The number of fused-ring (bicyclic) bond motifs is 1. The number of benzene rings is 3. The van der Waals surface area contributed by atoms with Crippen LogP contribution in [0.1, 0.15) is 17.2 Å². The molecule has 0 radical (unpaired) electrons. The molecule has 0 N–H and O–H groups in total. The minimum atomic E-state index is -0.990. The van der Waals surface area contributed by atoms with Crippen LogP contribution >= 0.6 is 0 Å². The smallest absolute Gasteiger partial charge is 0.271 e. The summed E-state index contributed by atoms with van der Waals surface area (Å²) in [7, 11) is 0. The number of carbonyl (C=O) groups is 2. The van der Waals surface area contributed by atoms with Gasteiger partial charge in [-0.2, -0.15) is 0 Å². The lowest BCUT2D eigenvalue weighted by Gasteiger charge is -2.28. The monoisotopic (exact) mass is 429 g/mol. The van der Waals surface area contributed by atoms with Gasteiger partial charge in [-0.3, -0.25) is 29.4 Å². The molecule has 2 saturated heterocycles. The number of likely N-dealkylation sites (tertiary alicyclic amines) is 1. The number of hydrogen-bond acceptors (Lipinski definition) is 6. The van der Waals surface area contributed by atoms with E-state index in [-0.39, 0.29) is 18.1 Å². The Morgan fingerprint density at radius 2 is 1.56 bits per heavy atom. The quantitative estimate of drug-likeness (QED) is 0.349. The lowest BCUT2D eigenvalue weighted by atomic mass is 9.90. The molecule has 2 aliphatic rings. The summed E-state index contributed by atoms with van der Waals surface area (Å²) in [5, 5.41) is 12.7. The van der Waals surface area contributed by atoms with Crippen LogP contribution in [-0.2, 0) is 21.0 Å². The molecule has 0 saturated carbocycles. The maximum atomic E-state index is 13.4. The first kappa shape index (κ1) is 19.9. The minimum Gasteiger partial charge on any atom is -0.275 e. The van der Waals surface area contributed by atoms with Crippen LogP contribution in [0.15, 0.2) is 84.9 Å². The van der Waals surface area contributed by atoms with Gasteiger partial charge in [0.15, 0.2) is 6.10 Å². The van der Waals surface area contributed by atoms with E-state index in [1.54, 1.807) is 12.1 Å². The average Bonchev–Trinajstić information content (AvgIpc) is 3.32. The fraction of sp³-hybridized carbons (Fsp3) is 0.167. The van der Waals surface area contributed by atoms with Crippen LogP contribution < -0.4 is 5.06 Å². The Morgan fingerprint density at radius 1 is 0.875 bits per heavy atom. The van der Waals surface area contributed by atoms with Crippen LogP contribution in [0.25, 0.3) is 0 Å². The number of carbonyl (C=O) groups excluding carboxylic acids is 2. The van der Waals surface area contributed by atoms with Crippen molar-refractivity contribution >= 4 is 23.2 Å². The van der Waals surface area contributed by atoms with Gasteiger partial charge in [-0.1, -0.05) is 66.7 Å². The van der Waals surface area contributed by atoms with Gasteiger partial charge in [-0.05, 0) is 17.2 Å². The molecule has 2 aliphatic heterocycles. The van der Waals surface area contributed by atoms with Crippen molar-refractivity contribution < 1.29 is 19.3 Å². The lowest BCUT2D eigenvalue weighted by Crippen LogP contribution is -2.36. The van der Waals surface area contributed by atoms with Crippen molar-refractivity contribution in [1.29, 1.82) is 0 Å². The molecule has 0 bridgehead atoms. The second-order valence-electron chi connectivity index (χ2n) is 7.76. The summed E-state index contributed by atoms with van der Waals surface area (Å²) in [4.78, 5) is 44.6. The third kappa shape index (κ3) is 3.30. The van der Waals surface area contributed by atoms with Gasteiger partial charge in [-0.25, -0.2) is 5.06 Å². The molecule has 5 rings (SSSR count). The highest BCUT2D eigenvalue weighted by Crippen LogP contribution is 2.47. The Labute approximate surface area is 183 Å². The molecule has 8 heteroatoms. The molecule has 0 aromatic heterocycles. The van der Waals surface area contributed by atoms with Gasteiger partial charge in [0.05, 0.1) is 23.2 Å². The van der Waals surface area contributed by atoms with Gasteiger partial charge in [-0.15, -0.1) is 0 Å². The van der Waals surface area contributed by atoms with E-state index < -0.39 is 28.9 Å². The number of imide groups is 1. The molecule has 0 spiro atoms. The Bertz CT molecular complexity index is 1180. The SMILES string of the molecule is O=C1[C@@H]2[C@H](ON(c3cccc([N+](=O)[O-])c3)[C@H]2c2ccccc2)C(=O)N1Cc1ccccc1. The molecule has 3 atom stereocenters. The van der Waals surface area contributed by atoms with Crippen molar-refractivity contribution in [3.8, 4) is 0 Å². The molecular weight excluding hydrogens is 410 g/mol.